The molecule has 3 heteroatoms. The van der Waals surface area contributed by atoms with E-state index in [0.717, 1.165) is 23.7 Å². The van der Waals surface area contributed by atoms with Crippen LogP contribution in [0.5, 0.6) is 0 Å². The third-order valence-corrected chi connectivity index (χ3v) is 4.33. The topological polar surface area (TPSA) is 16.1 Å². The number of hydrogen-bond acceptors (Lipinski definition) is 2. The molecule has 0 N–H and O–H groups in total. The number of anilines is 1. The molecule has 1 aromatic heterocycles. The first-order valence-electron chi connectivity index (χ1n) is 6.03. The number of halogens is 1. The van der Waals surface area contributed by atoms with Crippen LogP contribution in [-0.4, -0.2) is 18.1 Å². The van der Waals surface area contributed by atoms with Crippen LogP contribution in [0.2, 0.25) is 5.15 Å². The first-order chi connectivity index (χ1) is 7.66. The maximum absolute atomic E-state index is 5.79. The zero-order valence-corrected chi connectivity index (χ0v) is 10.5. The van der Waals surface area contributed by atoms with Crippen LogP contribution >= 0.6 is 11.6 Å². The average molecular weight is 237 g/mol. The van der Waals surface area contributed by atoms with Gasteiger partial charge in [-0.25, -0.2) is 4.98 Å². The highest BCUT2D eigenvalue weighted by atomic mass is 35.5. The fourth-order valence-electron chi connectivity index (χ4n) is 3.33. The van der Waals surface area contributed by atoms with Gasteiger partial charge in [0, 0.05) is 13.1 Å². The highest BCUT2D eigenvalue weighted by Gasteiger charge is 2.56. The van der Waals surface area contributed by atoms with Gasteiger partial charge in [0.25, 0.3) is 0 Å². The fraction of sp³-hybridized carbons (Fsp3) is 0.615. The summed E-state index contributed by atoms with van der Waals surface area (Å²) in [5.74, 6) is 3.67. The Labute approximate surface area is 102 Å². The minimum atomic E-state index is 0.577. The molecule has 0 spiro atoms. The van der Waals surface area contributed by atoms with Crippen LogP contribution in [0.1, 0.15) is 13.8 Å². The molecular formula is C13H17ClN2. The summed E-state index contributed by atoms with van der Waals surface area (Å²) in [5.41, 5.74) is 1.22. The second kappa shape index (κ2) is 3.63. The molecule has 16 heavy (non-hydrogen) atoms. The Morgan fingerprint density at radius 1 is 1.31 bits per heavy atom. The van der Waals surface area contributed by atoms with E-state index in [0.29, 0.717) is 5.15 Å². The Morgan fingerprint density at radius 3 is 2.50 bits per heavy atom. The number of nitrogens with zero attached hydrogens (tertiary/aromatic N) is 2. The lowest BCUT2D eigenvalue weighted by molar-refractivity contribution is 0.480. The monoisotopic (exact) mass is 236 g/mol. The van der Waals surface area contributed by atoms with Gasteiger partial charge >= 0.3 is 0 Å². The minimum absolute atomic E-state index is 0.577. The van der Waals surface area contributed by atoms with Gasteiger partial charge in [-0.2, -0.15) is 0 Å². The first kappa shape index (κ1) is 10.4. The molecular weight excluding hydrogens is 220 g/mol. The van der Waals surface area contributed by atoms with E-state index in [2.05, 4.69) is 29.8 Å². The van der Waals surface area contributed by atoms with Crippen molar-refractivity contribution in [1.29, 1.82) is 0 Å². The molecule has 1 aliphatic carbocycles. The van der Waals surface area contributed by atoms with Gasteiger partial charge in [0.1, 0.15) is 5.15 Å². The van der Waals surface area contributed by atoms with E-state index in [-0.39, 0.29) is 0 Å². The summed E-state index contributed by atoms with van der Waals surface area (Å²) >= 11 is 5.79. The van der Waals surface area contributed by atoms with Crippen molar-refractivity contribution in [2.75, 3.05) is 18.0 Å². The van der Waals surface area contributed by atoms with Gasteiger partial charge in [-0.1, -0.05) is 25.4 Å². The largest absolute Gasteiger partial charge is 0.370 e. The van der Waals surface area contributed by atoms with Crippen LogP contribution in [0.15, 0.2) is 18.3 Å². The predicted octanol–water partition coefficient (Wildman–Crippen LogP) is 3.07. The van der Waals surface area contributed by atoms with Crippen LogP contribution in [0.4, 0.5) is 5.69 Å². The van der Waals surface area contributed by atoms with Gasteiger partial charge < -0.3 is 4.90 Å². The van der Waals surface area contributed by atoms with Gasteiger partial charge in [-0.15, -0.1) is 0 Å². The fourth-order valence-corrected chi connectivity index (χ4v) is 3.44. The zero-order valence-electron chi connectivity index (χ0n) is 9.73. The second-order valence-electron chi connectivity index (χ2n) is 5.39. The number of piperidine rings is 1. The van der Waals surface area contributed by atoms with E-state index in [1.54, 1.807) is 0 Å². The maximum atomic E-state index is 5.79. The quantitative estimate of drug-likeness (QED) is 0.734. The summed E-state index contributed by atoms with van der Waals surface area (Å²) in [4.78, 5) is 6.58. The van der Waals surface area contributed by atoms with E-state index in [1.807, 2.05) is 12.3 Å². The minimum Gasteiger partial charge on any atom is -0.370 e. The Kier molecular flexibility index (Phi) is 2.36. The van der Waals surface area contributed by atoms with Gasteiger partial charge in [0.2, 0.25) is 0 Å². The number of pyridine rings is 1. The van der Waals surface area contributed by atoms with Crippen molar-refractivity contribution in [2.24, 2.45) is 23.7 Å². The lowest BCUT2D eigenvalue weighted by atomic mass is 10.0. The smallest absolute Gasteiger partial charge is 0.129 e. The maximum Gasteiger partial charge on any atom is 0.129 e. The molecule has 0 radical (unpaired) electrons. The number of rotatable bonds is 2. The summed E-state index contributed by atoms with van der Waals surface area (Å²) < 4.78 is 0. The first-order valence-corrected chi connectivity index (χ1v) is 6.41. The third kappa shape index (κ3) is 1.60. The Hall–Kier alpha value is -0.760. The van der Waals surface area contributed by atoms with Crippen molar-refractivity contribution in [3.05, 3.63) is 23.5 Å². The Morgan fingerprint density at radius 2 is 2.00 bits per heavy atom. The van der Waals surface area contributed by atoms with Gasteiger partial charge in [-0.3, -0.25) is 0 Å². The normalized spacial score (nSPS) is 32.0. The highest BCUT2D eigenvalue weighted by molar-refractivity contribution is 6.29. The molecule has 2 aliphatic rings. The predicted molar refractivity (Wildman–Crippen MR) is 66.8 cm³/mol. The molecule has 86 valence electrons. The Bertz CT molecular complexity index is 375. The van der Waals surface area contributed by atoms with Gasteiger partial charge in [0.05, 0.1) is 11.9 Å². The molecule has 1 saturated heterocycles. The molecule has 2 fully saturated rings. The van der Waals surface area contributed by atoms with Crippen molar-refractivity contribution in [3.63, 3.8) is 0 Å². The molecule has 2 nitrogen and oxygen atoms in total. The highest BCUT2D eigenvalue weighted by Crippen LogP contribution is 2.55. The van der Waals surface area contributed by atoms with Crippen molar-refractivity contribution in [1.82, 2.24) is 4.98 Å². The van der Waals surface area contributed by atoms with Gasteiger partial charge in [0.15, 0.2) is 0 Å². The molecule has 2 unspecified atom stereocenters. The van der Waals surface area contributed by atoms with E-state index < -0.39 is 0 Å². The number of hydrogen-bond donors (Lipinski definition) is 0. The van der Waals surface area contributed by atoms with Crippen molar-refractivity contribution >= 4 is 17.3 Å². The summed E-state index contributed by atoms with van der Waals surface area (Å²) in [7, 11) is 0. The third-order valence-electron chi connectivity index (χ3n) is 4.11. The molecule has 1 saturated carbocycles. The molecule has 3 rings (SSSR count). The average Bonchev–Trinajstić information content (AvgIpc) is 2.77. The van der Waals surface area contributed by atoms with Crippen LogP contribution in [0.25, 0.3) is 0 Å². The molecule has 2 atom stereocenters. The van der Waals surface area contributed by atoms with E-state index in [1.165, 1.54) is 18.8 Å². The molecule has 0 bridgehead atoms. The van der Waals surface area contributed by atoms with E-state index in [4.69, 9.17) is 11.6 Å². The van der Waals surface area contributed by atoms with Crippen molar-refractivity contribution in [2.45, 2.75) is 13.8 Å². The van der Waals surface area contributed by atoms with Crippen molar-refractivity contribution in [3.8, 4) is 0 Å². The van der Waals surface area contributed by atoms with Crippen LogP contribution < -0.4 is 4.90 Å². The molecule has 0 aromatic carbocycles. The molecule has 1 aromatic rings. The van der Waals surface area contributed by atoms with E-state index in [9.17, 15) is 0 Å². The molecule has 1 aliphatic heterocycles. The van der Waals surface area contributed by atoms with Crippen LogP contribution in [0.3, 0.4) is 0 Å². The second-order valence-corrected chi connectivity index (χ2v) is 5.78. The molecule has 2 heterocycles. The van der Waals surface area contributed by atoms with E-state index >= 15 is 0 Å². The zero-order chi connectivity index (χ0) is 11.3. The summed E-state index contributed by atoms with van der Waals surface area (Å²) in [6.07, 6.45) is 1.89. The van der Waals surface area contributed by atoms with Crippen LogP contribution in [-0.2, 0) is 0 Å². The van der Waals surface area contributed by atoms with Gasteiger partial charge in [-0.05, 0) is 35.8 Å². The number of fused-ring (bicyclic) bond motifs is 1. The molecule has 0 amide bonds. The SMILES string of the molecule is CC(C)C1C2CN(c3ccc(Cl)nc3)CC21. The summed E-state index contributed by atoms with van der Waals surface area (Å²) in [5, 5.41) is 0.577. The summed E-state index contributed by atoms with van der Waals surface area (Å²) in [6.45, 7) is 7.10. The standard InChI is InChI=1S/C13H17ClN2/c1-8(2)13-10-6-16(7-11(10)13)9-3-4-12(14)15-5-9/h3-5,8,10-11,13H,6-7H2,1-2H3. The lowest BCUT2D eigenvalue weighted by Crippen LogP contribution is -2.25. The Balaban J connectivity index is 1.67. The number of aromatic nitrogens is 1. The van der Waals surface area contributed by atoms with Crippen LogP contribution in [0, 0.1) is 23.7 Å². The van der Waals surface area contributed by atoms with Crippen molar-refractivity contribution < 1.29 is 0 Å². The summed E-state index contributed by atoms with van der Waals surface area (Å²) in [6, 6.07) is 3.95. The lowest BCUT2D eigenvalue weighted by Gasteiger charge is -2.22.